The highest BCUT2D eigenvalue weighted by Gasteiger charge is 2.46. The SMILES string of the molecule is COc1cc([C@@H]2O[C@@H]2C(=O)c2ccccc2)cc(OC)c1OC. The van der Waals surface area contributed by atoms with Gasteiger partial charge in [0, 0.05) is 5.56 Å². The Morgan fingerprint density at radius 3 is 2.09 bits per heavy atom. The van der Waals surface area contributed by atoms with Crippen LogP contribution in [-0.2, 0) is 4.74 Å². The summed E-state index contributed by atoms with van der Waals surface area (Å²) in [6.45, 7) is 0. The summed E-state index contributed by atoms with van der Waals surface area (Å²) in [5, 5.41) is 0. The van der Waals surface area contributed by atoms with Gasteiger partial charge in [0.25, 0.3) is 0 Å². The Morgan fingerprint density at radius 1 is 0.957 bits per heavy atom. The van der Waals surface area contributed by atoms with Crippen LogP contribution in [0.15, 0.2) is 42.5 Å². The smallest absolute Gasteiger partial charge is 0.203 e. The number of hydrogen-bond donors (Lipinski definition) is 0. The third-order valence-electron chi connectivity index (χ3n) is 3.82. The molecule has 1 aliphatic heterocycles. The van der Waals surface area contributed by atoms with E-state index < -0.39 is 6.10 Å². The molecule has 5 heteroatoms. The first-order valence-corrected chi connectivity index (χ1v) is 7.24. The van der Waals surface area contributed by atoms with Gasteiger partial charge in [-0.05, 0) is 17.7 Å². The lowest BCUT2D eigenvalue weighted by Crippen LogP contribution is -2.08. The van der Waals surface area contributed by atoms with E-state index in [2.05, 4.69) is 0 Å². The first kappa shape index (κ1) is 15.4. The summed E-state index contributed by atoms with van der Waals surface area (Å²) < 4.78 is 21.6. The van der Waals surface area contributed by atoms with Crippen LogP contribution in [0.3, 0.4) is 0 Å². The summed E-state index contributed by atoms with van der Waals surface area (Å²) >= 11 is 0. The molecule has 0 spiro atoms. The fourth-order valence-corrected chi connectivity index (χ4v) is 2.60. The van der Waals surface area contributed by atoms with Crippen LogP contribution in [0.5, 0.6) is 17.2 Å². The number of epoxide rings is 1. The van der Waals surface area contributed by atoms with Crippen molar-refractivity contribution in [2.24, 2.45) is 0 Å². The van der Waals surface area contributed by atoms with Crippen LogP contribution in [-0.4, -0.2) is 33.2 Å². The van der Waals surface area contributed by atoms with Crippen molar-refractivity contribution in [1.29, 1.82) is 0 Å². The van der Waals surface area contributed by atoms with Crippen molar-refractivity contribution < 1.29 is 23.7 Å². The molecule has 0 N–H and O–H groups in total. The molecule has 0 saturated carbocycles. The van der Waals surface area contributed by atoms with Crippen molar-refractivity contribution >= 4 is 5.78 Å². The minimum atomic E-state index is -0.472. The molecule has 0 aromatic heterocycles. The molecular formula is C18H18O5. The van der Waals surface area contributed by atoms with Gasteiger partial charge >= 0.3 is 0 Å². The van der Waals surface area contributed by atoms with Crippen LogP contribution in [0.1, 0.15) is 22.0 Å². The zero-order valence-corrected chi connectivity index (χ0v) is 13.2. The highest BCUT2D eigenvalue weighted by Crippen LogP contribution is 2.46. The second-order valence-corrected chi connectivity index (χ2v) is 5.17. The number of carbonyl (C=O) groups excluding carboxylic acids is 1. The van der Waals surface area contributed by atoms with Crippen molar-refractivity contribution in [3.05, 3.63) is 53.6 Å². The van der Waals surface area contributed by atoms with E-state index in [9.17, 15) is 4.79 Å². The molecule has 0 bridgehead atoms. The lowest BCUT2D eigenvalue weighted by atomic mass is 10.0. The van der Waals surface area contributed by atoms with E-state index in [1.54, 1.807) is 33.5 Å². The van der Waals surface area contributed by atoms with Crippen molar-refractivity contribution in [3.63, 3.8) is 0 Å². The maximum atomic E-state index is 12.4. The molecule has 3 rings (SSSR count). The number of methoxy groups -OCH3 is 3. The Labute approximate surface area is 134 Å². The van der Waals surface area contributed by atoms with E-state index >= 15 is 0 Å². The fraction of sp³-hybridized carbons (Fsp3) is 0.278. The molecule has 0 unspecified atom stereocenters. The predicted molar refractivity (Wildman–Crippen MR) is 84.5 cm³/mol. The van der Waals surface area contributed by atoms with Crippen LogP contribution < -0.4 is 14.2 Å². The average molecular weight is 314 g/mol. The van der Waals surface area contributed by atoms with E-state index in [-0.39, 0.29) is 11.9 Å². The Morgan fingerprint density at radius 2 is 1.57 bits per heavy atom. The molecular weight excluding hydrogens is 296 g/mol. The summed E-state index contributed by atoms with van der Waals surface area (Å²) in [6.07, 6.45) is -0.767. The van der Waals surface area contributed by atoms with E-state index in [4.69, 9.17) is 18.9 Å². The first-order chi connectivity index (χ1) is 11.2. The maximum absolute atomic E-state index is 12.4. The molecule has 5 nitrogen and oxygen atoms in total. The number of ketones is 1. The maximum Gasteiger partial charge on any atom is 0.203 e. The molecule has 23 heavy (non-hydrogen) atoms. The number of carbonyl (C=O) groups is 1. The van der Waals surface area contributed by atoms with Gasteiger partial charge in [-0.15, -0.1) is 0 Å². The highest BCUT2D eigenvalue weighted by molar-refractivity contribution is 6.01. The normalized spacial score (nSPS) is 19.1. The molecule has 0 aliphatic carbocycles. The molecule has 1 saturated heterocycles. The van der Waals surface area contributed by atoms with Gasteiger partial charge in [-0.2, -0.15) is 0 Å². The van der Waals surface area contributed by atoms with Gasteiger partial charge in [0.1, 0.15) is 6.10 Å². The number of benzene rings is 2. The molecule has 0 radical (unpaired) electrons. The molecule has 1 fully saturated rings. The number of rotatable bonds is 6. The van der Waals surface area contributed by atoms with Crippen LogP contribution in [0.4, 0.5) is 0 Å². The standard InChI is InChI=1S/C18H18O5/c1-20-13-9-12(10-14(21-2)17(13)22-3)16-18(23-16)15(19)11-7-5-4-6-8-11/h4-10,16,18H,1-3H3/t16-,18+/m0/s1. The van der Waals surface area contributed by atoms with Gasteiger partial charge in [0.15, 0.2) is 23.4 Å². The minimum Gasteiger partial charge on any atom is -0.493 e. The summed E-state index contributed by atoms with van der Waals surface area (Å²) in [7, 11) is 4.66. The van der Waals surface area contributed by atoms with E-state index in [0.717, 1.165) is 5.56 Å². The van der Waals surface area contributed by atoms with Gasteiger partial charge in [0.2, 0.25) is 5.75 Å². The molecule has 2 aromatic carbocycles. The number of Topliss-reactive ketones (excluding diaryl/α,β-unsaturated/α-hetero) is 1. The Kier molecular flexibility index (Phi) is 4.21. The van der Waals surface area contributed by atoms with Crippen molar-refractivity contribution in [2.45, 2.75) is 12.2 Å². The molecule has 0 amide bonds. The Balaban J connectivity index is 1.85. The Hall–Kier alpha value is -2.53. The van der Waals surface area contributed by atoms with Crippen LogP contribution in [0.2, 0.25) is 0 Å². The second kappa shape index (κ2) is 6.30. The van der Waals surface area contributed by atoms with E-state index in [0.29, 0.717) is 22.8 Å². The van der Waals surface area contributed by atoms with Gasteiger partial charge in [-0.3, -0.25) is 4.79 Å². The lowest BCUT2D eigenvalue weighted by molar-refractivity contribution is 0.0953. The van der Waals surface area contributed by atoms with Gasteiger partial charge in [-0.25, -0.2) is 0 Å². The van der Waals surface area contributed by atoms with Gasteiger partial charge in [-0.1, -0.05) is 30.3 Å². The second-order valence-electron chi connectivity index (χ2n) is 5.17. The monoisotopic (exact) mass is 314 g/mol. The lowest BCUT2D eigenvalue weighted by Gasteiger charge is -2.13. The quantitative estimate of drug-likeness (QED) is 0.606. The number of ether oxygens (including phenoxy) is 4. The zero-order valence-electron chi connectivity index (χ0n) is 13.2. The van der Waals surface area contributed by atoms with Gasteiger partial charge in [0.05, 0.1) is 21.3 Å². The summed E-state index contributed by atoms with van der Waals surface area (Å²) in [5.41, 5.74) is 1.47. The predicted octanol–water partition coefficient (Wildman–Crippen LogP) is 3.04. The zero-order chi connectivity index (χ0) is 16.4. The third-order valence-corrected chi connectivity index (χ3v) is 3.82. The van der Waals surface area contributed by atoms with Crippen molar-refractivity contribution in [3.8, 4) is 17.2 Å². The van der Waals surface area contributed by atoms with E-state index in [1.165, 1.54) is 0 Å². The van der Waals surface area contributed by atoms with Crippen molar-refractivity contribution in [1.82, 2.24) is 0 Å². The van der Waals surface area contributed by atoms with Crippen LogP contribution >= 0.6 is 0 Å². The Bertz CT molecular complexity index is 686. The highest BCUT2D eigenvalue weighted by atomic mass is 16.6. The molecule has 1 heterocycles. The molecule has 1 aliphatic rings. The van der Waals surface area contributed by atoms with Crippen LogP contribution in [0.25, 0.3) is 0 Å². The van der Waals surface area contributed by atoms with Crippen molar-refractivity contribution in [2.75, 3.05) is 21.3 Å². The topological polar surface area (TPSA) is 57.3 Å². The molecule has 2 aromatic rings. The summed E-state index contributed by atoms with van der Waals surface area (Å²) in [5.74, 6) is 1.58. The largest absolute Gasteiger partial charge is 0.493 e. The fourth-order valence-electron chi connectivity index (χ4n) is 2.60. The summed E-state index contributed by atoms with van der Waals surface area (Å²) in [4.78, 5) is 12.4. The third kappa shape index (κ3) is 2.87. The van der Waals surface area contributed by atoms with E-state index in [1.807, 2.05) is 30.3 Å². The number of hydrogen-bond acceptors (Lipinski definition) is 5. The van der Waals surface area contributed by atoms with Crippen LogP contribution in [0, 0.1) is 0 Å². The summed E-state index contributed by atoms with van der Waals surface area (Å²) in [6, 6.07) is 12.7. The van der Waals surface area contributed by atoms with Gasteiger partial charge < -0.3 is 18.9 Å². The minimum absolute atomic E-state index is 0.0237. The first-order valence-electron chi connectivity index (χ1n) is 7.24. The average Bonchev–Trinajstić information content (AvgIpc) is 3.41. The molecule has 120 valence electrons. The molecule has 2 atom stereocenters.